The zero-order valence-electron chi connectivity index (χ0n) is 15.6. The Bertz CT molecular complexity index is 886. The highest BCUT2D eigenvalue weighted by Crippen LogP contribution is 2.12. The number of halogens is 2. The smallest absolute Gasteiger partial charge is 0.217 e. The Morgan fingerprint density at radius 2 is 1.33 bits per heavy atom. The van der Waals surface area contributed by atoms with Crippen molar-refractivity contribution in [2.24, 2.45) is 0 Å². The fourth-order valence-electron chi connectivity index (χ4n) is 2.37. The average molecular weight is 364 g/mol. The molecule has 0 heterocycles. The summed E-state index contributed by atoms with van der Waals surface area (Å²) in [4.78, 5) is 0. The molecule has 0 aromatic heterocycles. The topological polar surface area (TPSA) is 9.23 Å². The number of ether oxygens (including phenoxy) is 1. The fraction of sp³-hybridized carbons (Fsp3) is 0.250. The minimum Gasteiger partial charge on any atom is -0.497 e. The highest BCUT2D eigenvalue weighted by molar-refractivity contribution is 5.46. The maximum atomic E-state index is 13.8. The van der Waals surface area contributed by atoms with E-state index in [2.05, 4.69) is 30.6 Å². The van der Waals surface area contributed by atoms with Gasteiger partial charge in [-0.2, -0.15) is 8.78 Å². The van der Waals surface area contributed by atoms with Crippen molar-refractivity contribution in [3.05, 3.63) is 76.9 Å². The van der Waals surface area contributed by atoms with Crippen LogP contribution < -0.4 is 4.74 Å². The highest BCUT2D eigenvalue weighted by Gasteiger charge is 2.00. The molecule has 0 aliphatic heterocycles. The van der Waals surface area contributed by atoms with Gasteiger partial charge in [0.25, 0.3) is 0 Å². The van der Waals surface area contributed by atoms with E-state index in [1.807, 2.05) is 24.3 Å². The summed E-state index contributed by atoms with van der Waals surface area (Å²) in [6.07, 6.45) is 4.55. The van der Waals surface area contributed by atoms with Crippen LogP contribution in [0.25, 0.3) is 0 Å². The van der Waals surface area contributed by atoms with Crippen LogP contribution in [0.4, 0.5) is 8.78 Å². The van der Waals surface area contributed by atoms with Crippen molar-refractivity contribution < 1.29 is 13.5 Å². The van der Waals surface area contributed by atoms with Crippen molar-refractivity contribution in [1.29, 1.82) is 0 Å². The van der Waals surface area contributed by atoms with E-state index in [0.29, 0.717) is 16.9 Å². The first-order valence-corrected chi connectivity index (χ1v) is 8.94. The van der Waals surface area contributed by atoms with E-state index in [1.54, 1.807) is 31.4 Å². The number of hydrogen-bond donors (Lipinski definition) is 0. The second kappa shape index (κ2) is 10.8. The number of rotatable bonds is 5. The molecule has 0 spiro atoms. The van der Waals surface area contributed by atoms with Gasteiger partial charge in [0.1, 0.15) is 5.75 Å². The molecule has 2 aromatic carbocycles. The molecule has 0 N–H and O–H groups in total. The summed E-state index contributed by atoms with van der Waals surface area (Å²) in [5.41, 5.74) is 2.42. The molecule has 0 aliphatic rings. The van der Waals surface area contributed by atoms with Gasteiger partial charge in [-0.15, -0.1) is 0 Å². The molecule has 3 heteroatoms. The number of allylic oxidation sites excluding steroid dienone is 2. The first-order valence-electron chi connectivity index (χ1n) is 8.94. The van der Waals surface area contributed by atoms with E-state index in [-0.39, 0.29) is 0 Å². The SMILES string of the molecule is CCCCCc1ccc(C#C/C(F)=C(\F)C#Cc2ccc(OC)cc2)cc1. The van der Waals surface area contributed by atoms with Gasteiger partial charge in [0, 0.05) is 11.1 Å². The van der Waals surface area contributed by atoms with E-state index in [1.165, 1.54) is 18.4 Å². The monoisotopic (exact) mass is 364 g/mol. The maximum absolute atomic E-state index is 13.8. The summed E-state index contributed by atoms with van der Waals surface area (Å²) in [6, 6.07) is 14.3. The molecule has 0 unspecified atom stereocenters. The predicted octanol–water partition coefficient (Wildman–Crippen LogP) is 5.98. The van der Waals surface area contributed by atoms with Crippen LogP contribution in [0.15, 0.2) is 60.2 Å². The lowest BCUT2D eigenvalue weighted by Gasteiger charge is -2.00. The Morgan fingerprint density at radius 1 is 0.815 bits per heavy atom. The fourth-order valence-corrected chi connectivity index (χ4v) is 2.37. The molecule has 138 valence electrons. The van der Waals surface area contributed by atoms with Gasteiger partial charge in [0.2, 0.25) is 11.7 Å². The third-order valence-corrected chi connectivity index (χ3v) is 3.94. The zero-order valence-corrected chi connectivity index (χ0v) is 15.6. The minimum absolute atomic E-state index is 0.561. The Hall–Kier alpha value is -3.04. The van der Waals surface area contributed by atoms with Crippen LogP contribution in [0.5, 0.6) is 5.75 Å². The van der Waals surface area contributed by atoms with Gasteiger partial charge in [-0.3, -0.25) is 0 Å². The predicted molar refractivity (Wildman–Crippen MR) is 106 cm³/mol. The van der Waals surface area contributed by atoms with E-state index in [0.717, 1.165) is 12.8 Å². The summed E-state index contributed by atoms with van der Waals surface area (Å²) in [5, 5.41) is 0. The summed E-state index contributed by atoms with van der Waals surface area (Å²) in [5.74, 6) is 7.87. The van der Waals surface area contributed by atoms with E-state index in [9.17, 15) is 8.78 Å². The third kappa shape index (κ3) is 7.00. The van der Waals surface area contributed by atoms with Crippen LogP contribution in [0.2, 0.25) is 0 Å². The van der Waals surface area contributed by atoms with Crippen molar-refractivity contribution >= 4 is 0 Å². The molecular formula is C24H22F2O. The van der Waals surface area contributed by atoms with Crippen molar-refractivity contribution in [3.8, 4) is 29.4 Å². The molecule has 27 heavy (non-hydrogen) atoms. The standard InChI is InChI=1S/C24H22F2O/c1-3-4-5-6-19-7-9-20(10-8-19)13-17-23(25)24(26)18-14-21-11-15-22(27-2)16-12-21/h7-12,15-16H,3-6H2,1-2H3/b24-23+. The first kappa shape index (κ1) is 20.3. The molecule has 0 aliphatic carbocycles. The molecule has 0 atom stereocenters. The third-order valence-electron chi connectivity index (χ3n) is 3.94. The molecular weight excluding hydrogens is 342 g/mol. The van der Waals surface area contributed by atoms with Crippen LogP contribution in [-0.2, 0) is 6.42 Å². The molecule has 0 saturated carbocycles. The van der Waals surface area contributed by atoms with Crippen molar-refractivity contribution in [3.63, 3.8) is 0 Å². The minimum atomic E-state index is -1.17. The lowest BCUT2D eigenvalue weighted by atomic mass is 10.1. The number of hydrogen-bond acceptors (Lipinski definition) is 1. The molecule has 0 radical (unpaired) electrons. The largest absolute Gasteiger partial charge is 0.497 e. The van der Waals surface area contributed by atoms with Crippen LogP contribution in [0.3, 0.4) is 0 Å². The van der Waals surface area contributed by atoms with Gasteiger partial charge in [-0.05, 0) is 66.6 Å². The summed E-state index contributed by atoms with van der Waals surface area (Å²) >= 11 is 0. The van der Waals surface area contributed by atoms with E-state index >= 15 is 0 Å². The van der Waals surface area contributed by atoms with E-state index in [4.69, 9.17) is 4.74 Å². The molecule has 0 fully saturated rings. The molecule has 0 bridgehead atoms. The molecule has 2 aromatic rings. The van der Waals surface area contributed by atoms with Crippen LogP contribution in [0, 0.1) is 23.7 Å². The Kier molecular flexibility index (Phi) is 8.14. The Balaban J connectivity index is 2.02. The van der Waals surface area contributed by atoms with E-state index < -0.39 is 11.7 Å². The lowest BCUT2D eigenvalue weighted by molar-refractivity contribution is 0.415. The maximum Gasteiger partial charge on any atom is 0.217 e. The second-order valence-corrected chi connectivity index (χ2v) is 6.01. The van der Waals surface area contributed by atoms with Gasteiger partial charge in [0.15, 0.2) is 0 Å². The van der Waals surface area contributed by atoms with Gasteiger partial charge >= 0.3 is 0 Å². The molecule has 2 rings (SSSR count). The number of unbranched alkanes of at least 4 members (excludes halogenated alkanes) is 2. The molecule has 1 nitrogen and oxygen atoms in total. The van der Waals surface area contributed by atoms with Gasteiger partial charge in [-0.25, -0.2) is 0 Å². The number of aryl methyl sites for hydroxylation is 1. The molecule has 0 amide bonds. The van der Waals surface area contributed by atoms with Gasteiger partial charge in [-0.1, -0.05) is 43.7 Å². The first-order chi connectivity index (χ1) is 13.1. The molecule has 0 saturated heterocycles. The number of methoxy groups -OCH3 is 1. The van der Waals surface area contributed by atoms with Crippen LogP contribution in [-0.4, -0.2) is 7.11 Å². The van der Waals surface area contributed by atoms with Gasteiger partial charge < -0.3 is 4.74 Å². The van der Waals surface area contributed by atoms with Crippen molar-refractivity contribution in [1.82, 2.24) is 0 Å². The highest BCUT2D eigenvalue weighted by atomic mass is 19.2. The Labute approximate surface area is 160 Å². The summed E-state index contributed by atoms with van der Waals surface area (Å²) in [7, 11) is 1.55. The quantitative estimate of drug-likeness (QED) is 0.468. The normalized spacial score (nSPS) is 10.8. The summed E-state index contributed by atoms with van der Waals surface area (Å²) in [6.45, 7) is 2.17. The Morgan fingerprint density at radius 3 is 1.81 bits per heavy atom. The zero-order chi connectivity index (χ0) is 19.5. The average Bonchev–Trinajstić information content (AvgIpc) is 2.71. The second-order valence-electron chi connectivity index (χ2n) is 6.01. The van der Waals surface area contributed by atoms with Crippen molar-refractivity contribution in [2.45, 2.75) is 32.6 Å². The lowest BCUT2D eigenvalue weighted by Crippen LogP contribution is -1.85. The van der Waals surface area contributed by atoms with Crippen LogP contribution in [0.1, 0.15) is 42.9 Å². The van der Waals surface area contributed by atoms with Gasteiger partial charge in [0.05, 0.1) is 7.11 Å². The summed E-state index contributed by atoms with van der Waals surface area (Å²) < 4.78 is 32.6. The van der Waals surface area contributed by atoms with Crippen molar-refractivity contribution in [2.75, 3.05) is 7.11 Å². The number of benzene rings is 2. The van der Waals surface area contributed by atoms with Crippen LogP contribution >= 0.6 is 0 Å².